The minimum absolute atomic E-state index is 0.0161. The van der Waals surface area contributed by atoms with Gasteiger partial charge in [0.05, 0.1) is 6.20 Å². The summed E-state index contributed by atoms with van der Waals surface area (Å²) in [6, 6.07) is 11.0. The van der Waals surface area contributed by atoms with E-state index < -0.39 is 11.6 Å². The Morgan fingerprint density at radius 2 is 2.00 bits per heavy atom. The number of anilines is 1. The number of aromatic nitrogens is 1. The lowest BCUT2D eigenvalue weighted by Crippen LogP contribution is -2.35. The number of carbonyl (C=O) groups excluding carboxylic acids is 1. The van der Waals surface area contributed by atoms with Crippen molar-refractivity contribution in [2.45, 2.75) is 19.4 Å². The third kappa shape index (κ3) is 2.50. The maximum absolute atomic E-state index is 13.5. The van der Waals surface area contributed by atoms with Crippen LogP contribution in [0, 0.1) is 11.6 Å². The maximum Gasteiger partial charge on any atom is 0.264 e. The Hall–Kier alpha value is -3.02. The van der Waals surface area contributed by atoms with Crippen LogP contribution in [0.1, 0.15) is 22.8 Å². The Balaban J connectivity index is 1.75. The number of halogens is 2. The average Bonchev–Trinajstić information content (AvgIpc) is 3.20. The highest BCUT2D eigenvalue weighted by Crippen LogP contribution is 2.35. The molecule has 2 heterocycles. The van der Waals surface area contributed by atoms with Crippen molar-refractivity contribution in [1.82, 2.24) is 5.16 Å². The lowest BCUT2D eigenvalue weighted by Gasteiger charge is -2.22. The second kappa shape index (κ2) is 5.81. The van der Waals surface area contributed by atoms with Gasteiger partial charge < -0.3 is 9.42 Å². The Morgan fingerprint density at radius 3 is 2.80 bits per heavy atom. The fraction of sp³-hybridized carbons (Fsp3) is 0.158. The van der Waals surface area contributed by atoms with Crippen molar-refractivity contribution < 1.29 is 18.1 Å². The van der Waals surface area contributed by atoms with Crippen LogP contribution in [0.3, 0.4) is 0 Å². The highest BCUT2D eigenvalue weighted by atomic mass is 19.2. The number of carbonyl (C=O) groups is 1. The normalized spacial score (nSPS) is 16.1. The fourth-order valence-corrected chi connectivity index (χ4v) is 3.24. The molecule has 4 nitrogen and oxygen atoms in total. The molecule has 6 heteroatoms. The minimum atomic E-state index is -1.01. The Bertz CT molecular complexity index is 968. The summed E-state index contributed by atoms with van der Waals surface area (Å²) in [6.45, 7) is 1.96. The van der Waals surface area contributed by atoms with E-state index in [9.17, 15) is 13.6 Å². The van der Waals surface area contributed by atoms with Crippen LogP contribution in [0.15, 0.2) is 53.2 Å². The molecule has 3 aromatic rings. The third-order valence-corrected chi connectivity index (χ3v) is 4.41. The van der Waals surface area contributed by atoms with Crippen LogP contribution in [0.2, 0.25) is 0 Å². The minimum Gasteiger partial charge on any atom is -0.355 e. The van der Waals surface area contributed by atoms with Gasteiger partial charge in [0.25, 0.3) is 5.91 Å². The topological polar surface area (TPSA) is 46.3 Å². The molecule has 0 saturated carbocycles. The number of amides is 1. The Labute approximate surface area is 142 Å². The molecule has 2 aromatic carbocycles. The molecule has 1 aromatic heterocycles. The van der Waals surface area contributed by atoms with E-state index in [-0.39, 0.29) is 28.8 Å². The molecule has 1 aliphatic rings. The molecule has 0 aliphatic carbocycles. The molecular weight excluding hydrogens is 326 g/mol. The zero-order valence-corrected chi connectivity index (χ0v) is 13.4. The van der Waals surface area contributed by atoms with Gasteiger partial charge in [0.2, 0.25) is 0 Å². The molecule has 0 N–H and O–H groups in total. The summed E-state index contributed by atoms with van der Waals surface area (Å²) in [7, 11) is 0. The predicted molar refractivity (Wildman–Crippen MR) is 88.3 cm³/mol. The first kappa shape index (κ1) is 15.5. The van der Waals surface area contributed by atoms with Crippen LogP contribution in [0.4, 0.5) is 14.5 Å². The van der Waals surface area contributed by atoms with E-state index in [4.69, 9.17) is 4.52 Å². The van der Waals surface area contributed by atoms with Crippen LogP contribution < -0.4 is 4.90 Å². The molecule has 126 valence electrons. The molecule has 1 atom stereocenters. The number of nitrogens with zero attached hydrogens (tertiary/aromatic N) is 2. The van der Waals surface area contributed by atoms with Crippen molar-refractivity contribution in [3.05, 3.63) is 71.4 Å². The molecule has 0 saturated heterocycles. The van der Waals surface area contributed by atoms with E-state index in [1.54, 1.807) is 4.90 Å². The van der Waals surface area contributed by atoms with Crippen LogP contribution in [0.5, 0.6) is 0 Å². The zero-order chi connectivity index (χ0) is 17.6. The number of hydrogen-bond donors (Lipinski definition) is 0. The van der Waals surface area contributed by atoms with Gasteiger partial charge in [0.15, 0.2) is 17.4 Å². The van der Waals surface area contributed by atoms with E-state index >= 15 is 0 Å². The zero-order valence-electron chi connectivity index (χ0n) is 13.4. The molecule has 0 bridgehead atoms. The van der Waals surface area contributed by atoms with Crippen molar-refractivity contribution in [2.75, 3.05) is 4.90 Å². The summed E-state index contributed by atoms with van der Waals surface area (Å²) in [5.41, 5.74) is 2.42. The Morgan fingerprint density at radius 1 is 1.20 bits per heavy atom. The second-order valence-electron chi connectivity index (χ2n) is 6.05. The number of hydrogen-bond acceptors (Lipinski definition) is 3. The van der Waals surface area contributed by atoms with Crippen molar-refractivity contribution in [1.29, 1.82) is 0 Å². The van der Waals surface area contributed by atoms with Crippen molar-refractivity contribution in [3.63, 3.8) is 0 Å². The molecule has 0 radical (unpaired) electrons. The second-order valence-corrected chi connectivity index (χ2v) is 6.05. The third-order valence-electron chi connectivity index (χ3n) is 4.41. The number of rotatable bonds is 2. The predicted octanol–water partition coefficient (Wildman–Crippen LogP) is 4.21. The lowest BCUT2D eigenvalue weighted by molar-refractivity contribution is 0.0981. The summed E-state index contributed by atoms with van der Waals surface area (Å²) >= 11 is 0. The summed E-state index contributed by atoms with van der Waals surface area (Å²) in [5, 5.41) is 3.69. The van der Waals surface area contributed by atoms with Crippen LogP contribution in [0.25, 0.3) is 11.3 Å². The van der Waals surface area contributed by atoms with Gasteiger partial charge in [-0.25, -0.2) is 8.78 Å². The largest absolute Gasteiger partial charge is 0.355 e. The van der Waals surface area contributed by atoms with Gasteiger partial charge in [-0.1, -0.05) is 23.4 Å². The number of benzene rings is 2. The van der Waals surface area contributed by atoms with Crippen molar-refractivity contribution >= 4 is 11.6 Å². The van der Waals surface area contributed by atoms with E-state index in [2.05, 4.69) is 5.16 Å². The summed E-state index contributed by atoms with van der Waals surface area (Å²) in [5.74, 6) is -2.12. The highest BCUT2D eigenvalue weighted by molar-refractivity contribution is 6.10. The molecule has 1 unspecified atom stereocenters. The van der Waals surface area contributed by atoms with Gasteiger partial charge >= 0.3 is 0 Å². The Kier molecular flexibility index (Phi) is 3.60. The molecule has 0 fully saturated rings. The van der Waals surface area contributed by atoms with Gasteiger partial charge in [0, 0.05) is 17.3 Å². The summed E-state index contributed by atoms with van der Waals surface area (Å²) < 4.78 is 31.9. The molecule has 4 rings (SSSR count). The van der Waals surface area contributed by atoms with Crippen molar-refractivity contribution in [2.24, 2.45) is 0 Å². The smallest absolute Gasteiger partial charge is 0.264 e. The summed E-state index contributed by atoms with van der Waals surface area (Å²) in [6.07, 6.45) is 2.07. The van der Waals surface area contributed by atoms with Crippen LogP contribution in [-0.2, 0) is 6.42 Å². The quantitative estimate of drug-likeness (QED) is 0.702. The molecule has 1 amide bonds. The number of para-hydroxylation sites is 1. The van der Waals surface area contributed by atoms with Gasteiger partial charge in [0.1, 0.15) is 5.56 Å². The van der Waals surface area contributed by atoms with Gasteiger partial charge in [-0.05, 0) is 43.2 Å². The molecule has 0 spiro atoms. The van der Waals surface area contributed by atoms with E-state index in [1.165, 1.54) is 12.3 Å². The first-order valence-electron chi connectivity index (χ1n) is 7.88. The standard InChI is InChI=1S/C19H14F2N2O2/c1-11-8-12-4-2-3-5-17(12)23(11)19(24)14-10-22-25-18(14)13-6-7-15(20)16(21)9-13/h2-7,9-11H,8H2,1H3. The molecule has 1 aliphatic heterocycles. The summed E-state index contributed by atoms with van der Waals surface area (Å²) in [4.78, 5) is 14.8. The van der Waals surface area contributed by atoms with Gasteiger partial charge in [-0.3, -0.25) is 4.79 Å². The lowest BCUT2D eigenvalue weighted by atomic mass is 10.1. The first-order chi connectivity index (χ1) is 12.1. The molecular formula is C19H14F2N2O2. The van der Waals surface area contributed by atoms with Crippen molar-refractivity contribution in [3.8, 4) is 11.3 Å². The average molecular weight is 340 g/mol. The van der Waals surface area contributed by atoms with E-state index in [1.807, 2.05) is 31.2 Å². The van der Waals surface area contributed by atoms with Crippen LogP contribution >= 0.6 is 0 Å². The molecule has 25 heavy (non-hydrogen) atoms. The van der Waals surface area contributed by atoms with E-state index in [0.29, 0.717) is 0 Å². The fourth-order valence-electron chi connectivity index (χ4n) is 3.24. The van der Waals surface area contributed by atoms with Crippen LogP contribution in [-0.4, -0.2) is 17.1 Å². The van der Waals surface area contributed by atoms with E-state index in [0.717, 1.165) is 29.8 Å². The van der Waals surface area contributed by atoms with Gasteiger partial charge in [-0.15, -0.1) is 0 Å². The SMILES string of the molecule is CC1Cc2ccccc2N1C(=O)c1cnoc1-c1ccc(F)c(F)c1. The number of fused-ring (bicyclic) bond motifs is 1. The monoisotopic (exact) mass is 340 g/mol. The highest BCUT2D eigenvalue weighted by Gasteiger charge is 2.33. The first-order valence-corrected chi connectivity index (χ1v) is 7.88. The maximum atomic E-state index is 13.5. The van der Waals surface area contributed by atoms with Gasteiger partial charge in [-0.2, -0.15) is 0 Å².